The van der Waals surface area contributed by atoms with Crippen LogP contribution in [0, 0.1) is 12.8 Å². The number of fused-ring (bicyclic) bond motifs is 1. The van der Waals surface area contributed by atoms with Crippen molar-refractivity contribution in [3.05, 3.63) is 28.8 Å². The predicted octanol–water partition coefficient (Wildman–Crippen LogP) is 3.05. The van der Waals surface area contributed by atoms with Crippen LogP contribution in [-0.2, 0) is 16.0 Å². The Hall–Kier alpha value is -1.59. The first-order chi connectivity index (χ1) is 11.4. The van der Waals surface area contributed by atoms with Crippen LogP contribution >= 0.6 is 12.4 Å². The van der Waals surface area contributed by atoms with E-state index in [9.17, 15) is 9.59 Å². The van der Waals surface area contributed by atoms with E-state index in [2.05, 4.69) is 0 Å². The summed E-state index contributed by atoms with van der Waals surface area (Å²) >= 11 is 0. The first kappa shape index (κ1) is 21.5. The molecule has 0 aromatic heterocycles. The standard InChI is InChI=1S/C19H27NO4.ClH/c1-6-13(11-20(4)5)18(21)15-9-14-10-17(19(22)23-7-2)24-16(14)8-12(15)3;/h8-9,13,17H,6-7,10-11H2,1-5H3;1H. The van der Waals surface area contributed by atoms with Gasteiger partial charge < -0.3 is 14.4 Å². The third-order valence-electron chi connectivity index (χ3n) is 4.35. The normalized spacial score (nSPS) is 16.6. The van der Waals surface area contributed by atoms with Gasteiger partial charge in [0, 0.05) is 24.4 Å². The first-order valence-electron chi connectivity index (χ1n) is 8.53. The molecule has 25 heavy (non-hydrogen) atoms. The Bertz CT molecular complexity index is 630. The van der Waals surface area contributed by atoms with E-state index in [-0.39, 0.29) is 30.1 Å². The lowest BCUT2D eigenvalue weighted by molar-refractivity contribution is -0.150. The number of benzene rings is 1. The SMILES string of the molecule is CCOC(=O)C1Cc2cc(C(=O)C(CC)CN(C)C)c(C)cc2O1.Cl. The lowest BCUT2D eigenvalue weighted by atomic mass is 9.90. The Morgan fingerprint density at radius 2 is 2.00 bits per heavy atom. The van der Waals surface area contributed by atoms with Crippen molar-refractivity contribution in [2.45, 2.75) is 39.7 Å². The molecule has 1 aliphatic rings. The van der Waals surface area contributed by atoms with Crippen LogP contribution in [0.5, 0.6) is 5.75 Å². The number of nitrogens with zero attached hydrogens (tertiary/aromatic N) is 1. The van der Waals surface area contributed by atoms with Crippen LogP contribution in [0.2, 0.25) is 0 Å². The van der Waals surface area contributed by atoms with Gasteiger partial charge in [-0.25, -0.2) is 4.79 Å². The molecule has 5 nitrogen and oxygen atoms in total. The first-order valence-corrected chi connectivity index (χ1v) is 8.53. The van der Waals surface area contributed by atoms with Crippen molar-refractivity contribution in [2.24, 2.45) is 5.92 Å². The molecule has 0 saturated heterocycles. The highest BCUT2D eigenvalue weighted by atomic mass is 35.5. The molecule has 0 N–H and O–H groups in total. The number of ketones is 1. The zero-order chi connectivity index (χ0) is 17.9. The van der Waals surface area contributed by atoms with Crippen LogP contribution < -0.4 is 4.74 Å². The molecule has 0 amide bonds. The number of rotatable bonds is 7. The fourth-order valence-corrected chi connectivity index (χ4v) is 3.08. The average molecular weight is 370 g/mol. The van der Waals surface area contributed by atoms with Gasteiger partial charge in [-0.2, -0.15) is 0 Å². The quantitative estimate of drug-likeness (QED) is 0.546. The molecular formula is C19H28ClNO4. The molecule has 2 atom stereocenters. The number of hydrogen-bond donors (Lipinski definition) is 0. The topological polar surface area (TPSA) is 55.8 Å². The van der Waals surface area contributed by atoms with Crippen LogP contribution in [0.25, 0.3) is 0 Å². The maximum atomic E-state index is 12.9. The zero-order valence-electron chi connectivity index (χ0n) is 15.6. The van der Waals surface area contributed by atoms with Crippen molar-refractivity contribution in [1.82, 2.24) is 4.90 Å². The molecular weight excluding hydrogens is 342 g/mol. The number of Topliss-reactive ketones (excluding diaryl/α,β-unsaturated/α-hetero) is 1. The second-order valence-electron chi connectivity index (χ2n) is 6.57. The maximum Gasteiger partial charge on any atom is 0.347 e. The van der Waals surface area contributed by atoms with Gasteiger partial charge in [0.15, 0.2) is 11.9 Å². The van der Waals surface area contributed by atoms with E-state index in [1.54, 1.807) is 6.92 Å². The van der Waals surface area contributed by atoms with Gasteiger partial charge >= 0.3 is 5.97 Å². The number of halogens is 1. The predicted molar refractivity (Wildman–Crippen MR) is 99.8 cm³/mol. The van der Waals surface area contributed by atoms with E-state index in [1.807, 2.05) is 45.0 Å². The Kier molecular flexibility index (Phi) is 7.90. The van der Waals surface area contributed by atoms with Gasteiger partial charge in [-0.15, -0.1) is 12.4 Å². The van der Waals surface area contributed by atoms with E-state index in [0.29, 0.717) is 18.8 Å². The molecule has 0 saturated carbocycles. The molecule has 0 aliphatic carbocycles. The van der Waals surface area contributed by atoms with E-state index in [4.69, 9.17) is 9.47 Å². The summed E-state index contributed by atoms with van der Waals surface area (Å²) in [5.41, 5.74) is 2.53. The van der Waals surface area contributed by atoms with E-state index in [1.165, 1.54) is 0 Å². The van der Waals surface area contributed by atoms with Crippen molar-refractivity contribution >= 4 is 24.2 Å². The highest BCUT2D eigenvalue weighted by molar-refractivity contribution is 5.99. The van der Waals surface area contributed by atoms with Crippen molar-refractivity contribution in [3.63, 3.8) is 0 Å². The third kappa shape index (κ3) is 4.95. The summed E-state index contributed by atoms with van der Waals surface area (Å²) in [5.74, 6) is 0.465. The van der Waals surface area contributed by atoms with Crippen molar-refractivity contribution < 1.29 is 19.1 Å². The van der Waals surface area contributed by atoms with E-state index >= 15 is 0 Å². The zero-order valence-corrected chi connectivity index (χ0v) is 16.4. The molecule has 2 unspecified atom stereocenters. The number of carbonyl (C=O) groups is 2. The van der Waals surface area contributed by atoms with Crippen molar-refractivity contribution in [1.29, 1.82) is 0 Å². The average Bonchev–Trinajstić information content (AvgIpc) is 2.94. The second-order valence-corrected chi connectivity index (χ2v) is 6.57. The summed E-state index contributed by atoms with van der Waals surface area (Å²) in [6.07, 6.45) is 0.655. The fraction of sp³-hybridized carbons (Fsp3) is 0.579. The summed E-state index contributed by atoms with van der Waals surface area (Å²) in [6, 6.07) is 3.76. The number of ether oxygens (including phenoxy) is 2. The number of aryl methyl sites for hydroxylation is 1. The van der Waals surface area contributed by atoms with Crippen LogP contribution in [0.1, 0.15) is 41.8 Å². The van der Waals surface area contributed by atoms with E-state index in [0.717, 1.165) is 29.7 Å². The Morgan fingerprint density at radius 3 is 2.56 bits per heavy atom. The van der Waals surface area contributed by atoms with Crippen LogP contribution in [0.4, 0.5) is 0 Å². The molecule has 140 valence electrons. The van der Waals surface area contributed by atoms with Crippen molar-refractivity contribution in [3.8, 4) is 5.75 Å². The van der Waals surface area contributed by atoms with Gasteiger partial charge in [0.25, 0.3) is 0 Å². The number of carbonyl (C=O) groups excluding carboxylic acids is 2. The highest BCUT2D eigenvalue weighted by Crippen LogP contribution is 2.33. The maximum absolute atomic E-state index is 12.9. The minimum Gasteiger partial charge on any atom is -0.478 e. The number of hydrogen-bond acceptors (Lipinski definition) is 5. The molecule has 1 aromatic carbocycles. The fourth-order valence-electron chi connectivity index (χ4n) is 3.08. The van der Waals surface area contributed by atoms with Gasteiger partial charge in [-0.1, -0.05) is 6.92 Å². The third-order valence-corrected chi connectivity index (χ3v) is 4.35. The summed E-state index contributed by atoms with van der Waals surface area (Å²) in [7, 11) is 3.95. The minimum absolute atomic E-state index is 0. The molecule has 1 aliphatic heterocycles. The molecule has 1 aromatic rings. The summed E-state index contributed by atoms with van der Waals surface area (Å²) in [6.45, 7) is 6.79. The van der Waals surface area contributed by atoms with E-state index < -0.39 is 6.10 Å². The van der Waals surface area contributed by atoms with Crippen LogP contribution in [0.3, 0.4) is 0 Å². The summed E-state index contributed by atoms with van der Waals surface area (Å²) in [5, 5.41) is 0. The monoisotopic (exact) mass is 369 g/mol. The molecule has 0 fully saturated rings. The molecule has 0 radical (unpaired) electrons. The van der Waals surface area contributed by atoms with Gasteiger partial charge in [-0.05, 0) is 57.6 Å². The molecule has 6 heteroatoms. The second kappa shape index (κ2) is 9.20. The summed E-state index contributed by atoms with van der Waals surface area (Å²) < 4.78 is 10.7. The summed E-state index contributed by atoms with van der Waals surface area (Å²) in [4.78, 5) is 26.8. The highest BCUT2D eigenvalue weighted by Gasteiger charge is 2.32. The Labute approximate surface area is 156 Å². The lowest BCUT2D eigenvalue weighted by Crippen LogP contribution is -2.28. The minimum atomic E-state index is -0.603. The van der Waals surface area contributed by atoms with Gasteiger partial charge in [-0.3, -0.25) is 4.79 Å². The Morgan fingerprint density at radius 1 is 1.32 bits per heavy atom. The molecule has 0 bridgehead atoms. The molecule has 1 heterocycles. The molecule has 0 spiro atoms. The smallest absolute Gasteiger partial charge is 0.347 e. The van der Waals surface area contributed by atoms with Crippen LogP contribution in [-0.4, -0.2) is 50.0 Å². The van der Waals surface area contributed by atoms with Crippen molar-refractivity contribution in [2.75, 3.05) is 27.2 Å². The van der Waals surface area contributed by atoms with Gasteiger partial charge in [0.2, 0.25) is 0 Å². The largest absolute Gasteiger partial charge is 0.478 e. The van der Waals surface area contributed by atoms with Gasteiger partial charge in [0.1, 0.15) is 5.75 Å². The van der Waals surface area contributed by atoms with Gasteiger partial charge in [0.05, 0.1) is 6.61 Å². The van der Waals surface area contributed by atoms with Crippen LogP contribution in [0.15, 0.2) is 12.1 Å². The lowest BCUT2D eigenvalue weighted by Gasteiger charge is -2.19. The Balaban J connectivity index is 0.00000312. The number of esters is 1. The molecule has 2 rings (SSSR count).